The van der Waals surface area contributed by atoms with Crippen LogP contribution in [0.15, 0.2) is 18.2 Å². The van der Waals surface area contributed by atoms with E-state index >= 15 is 0 Å². The Morgan fingerprint density at radius 2 is 2.16 bits per heavy atom. The Balaban J connectivity index is 3.07. The van der Waals surface area contributed by atoms with Crippen molar-refractivity contribution >= 4 is 17.6 Å². The first-order chi connectivity index (χ1) is 8.84. The lowest BCUT2D eigenvalue weighted by Gasteiger charge is -2.11. The molecule has 0 aromatic heterocycles. The van der Waals surface area contributed by atoms with Gasteiger partial charge < -0.3 is 15.6 Å². The van der Waals surface area contributed by atoms with Crippen LogP contribution >= 0.6 is 0 Å². The van der Waals surface area contributed by atoms with Gasteiger partial charge in [0.15, 0.2) is 5.56 Å². The number of benzene rings is 1. The molecule has 1 aromatic carbocycles. The third kappa shape index (κ3) is 3.41. The number of nitrogens with zero attached hydrogens (tertiary/aromatic N) is 1. The predicted octanol–water partition coefficient (Wildman–Crippen LogP) is 0.793. The van der Waals surface area contributed by atoms with Crippen LogP contribution in [0.2, 0.25) is 0 Å². The van der Waals surface area contributed by atoms with Gasteiger partial charge in [0.1, 0.15) is 5.75 Å². The molecule has 0 saturated carbocycles. The van der Waals surface area contributed by atoms with E-state index in [4.69, 9.17) is 15.6 Å². The number of carboxylic acid groups (broad SMARTS) is 1. The van der Waals surface area contributed by atoms with Crippen LogP contribution < -0.4 is 10.5 Å². The summed E-state index contributed by atoms with van der Waals surface area (Å²) >= 11 is 0. The number of ether oxygens (including phenoxy) is 1. The van der Waals surface area contributed by atoms with Gasteiger partial charge in [0.05, 0.1) is 17.4 Å². The first-order valence-electron chi connectivity index (χ1n) is 5.27. The number of hydrogen-bond acceptors (Lipinski definition) is 5. The fourth-order valence-corrected chi connectivity index (χ4v) is 1.30. The lowest BCUT2D eigenvalue weighted by Crippen LogP contribution is -2.26. The molecule has 8 heteroatoms. The number of hydrogen-bond donors (Lipinski definition) is 2. The standard InChI is InChI=1S/C11H12N2O6/c1-6(10(12)14)5-19-8-4-2-3-7(13(17)18)9(8)11(15)16/h2-4,6H,5H2,1H3,(H2,12,14)(H,15,16). The van der Waals surface area contributed by atoms with E-state index in [0.717, 1.165) is 6.07 Å². The van der Waals surface area contributed by atoms with Crippen LogP contribution in [0.1, 0.15) is 17.3 Å². The second-order valence-electron chi connectivity index (χ2n) is 3.83. The monoisotopic (exact) mass is 268 g/mol. The topological polar surface area (TPSA) is 133 Å². The van der Waals surface area contributed by atoms with Crippen LogP contribution in [-0.4, -0.2) is 28.5 Å². The Morgan fingerprint density at radius 3 is 2.63 bits per heavy atom. The highest BCUT2D eigenvalue weighted by molar-refractivity contribution is 5.95. The molecule has 0 bridgehead atoms. The van der Waals surface area contributed by atoms with Crippen molar-refractivity contribution in [3.8, 4) is 5.75 Å². The normalized spacial score (nSPS) is 11.6. The van der Waals surface area contributed by atoms with Gasteiger partial charge in [0, 0.05) is 6.07 Å². The van der Waals surface area contributed by atoms with Gasteiger partial charge in [0.2, 0.25) is 5.91 Å². The second kappa shape index (κ2) is 5.80. The zero-order chi connectivity index (χ0) is 14.6. The minimum absolute atomic E-state index is 0.156. The maximum absolute atomic E-state index is 11.0. The first-order valence-corrected chi connectivity index (χ1v) is 5.27. The smallest absolute Gasteiger partial charge is 0.346 e. The molecule has 0 aliphatic carbocycles. The Morgan fingerprint density at radius 1 is 1.53 bits per heavy atom. The second-order valence-corrected chi connectivity index (χ2v) is 3.83. The molecule has 8 nitrogen and oxygen atoms in total. The highest BCUT2D eigenvalue weighted by Gasteiger charge is 2.25. The third-order valence-corrected chi connectivity index (χ3v) is 2.39. The van der Waals surface area contributed by atoms with Gasteiger partial charge in [-0.05, 0) is 6.07 Å². The van der Waals surface area contributed by atoms with Gasteiger partial charge in [-0.3, -0.25) is 14.9 Å². The number of carbonyl (C=O) groups is 2. The number of rotatable bonds is 6. The lowest BCUT2D eigenvalue weighted by molar-refractivity contribution is -0.385. The summed E-state index contributed by atoms with van der Waals surface area (Å²) in [5, 5.41) is 19.7. The van der Waals surface area contributed by atoms with Crippen LogP contribution in [0.3, 0.4) is 0 Å². The molecule has 0 aliphatic heterocycles. The Bertz CT molecular complexity index is 528. The van der Waals surface area contributed by atoms with E-state index < -0.39 is 34.0 Å². The SMILES string of the molecule is CC(COc1cccc([N+](=O)[O-])c1C(=O)O)C(N)=O. The van der Waals surface area contributed by atoms with Gasteiger partial charge in [-0.2, -0.15) is 0 Å². The number of nitro benzene ring substituents is 1. The first kappa shape index (κ1) is 14.4. The average Bonchev–Trinajstić information content (AvgIpc) is 2.34. The number of nitrogens with two attached hydrogens (primary N) is 1. The van der Waals surface area contributed by atoms with Crippen LogP contribution in [-0.2, 0) is 4.79 Å². The molecule has 1 amide bonds. The van der Waals surface area contributed by atoms with E-state index in [9.17, 15) is 19.7 Å². The van der Waals surface area contributed by atoms with Crippen LogP contribution in [0.5, 0.6) is 5.75 Å². The maximum atomic E-state index is 11.0. The largest absolute Gasteiger partial charge is 0.492 e. The minimum atomic E-state index is -1.48. The molecule has 1 rings (SSSR count). The molecule has 102 valence electrons. The van der Waals surface area contributed by atoms with Crippen molar-refractivity contribution in [3.63, 3.8) is 0 Å². The average molecular weight is 268 g/mol. The molecular weight excluding hydrogens is 256 g/mol. The number of nitro groups is 1. The van der Waals surface area contributed by atoms with E-state index in [2.05, 4.69) is 0 Å². The van der Waals surface area contributed by atoms with E-state index in [0.29, 0.717) is 0 Å². The molecule has 0 spiro atoms. The molecule has 0 heterocycles. The molecule has 0 radical (unpaired) electrons. The summed E-state index contributed by atoms with van der Waals surface area (Å²) in [4.78, 5) is 31.8. The highest BCUT2D eigenvalue weighted by Crippen LogP contribution is 2.28. The number of carbonyl (C=O) groups excluding carboxylic acids is 1. The zero-order valence-corrected chi connectivity index (χ0v) is 10.0. The van der Waals surface area contributed by atoms with Crippen molar-refractivity contribution in [2.45, 2.75) is 6.92 Å². The molecule has 0 saturated heterocycles. The maximum Gasteiger partial charge on any atom is 0.346 e. The van der Waals surface area contributed by atoms with Gasteiger partial charge in [-0.1, -0.05) is 13.0 Å². The van der Waals surface area contributed by atoms with Gasteiger partial charge >= 0.3 is 5.97 Å². The van der Waals surface area contributed by atoms with Gasteiger partial charge in [-0.15, -0.1) is 0 Å². The summed E-state index contributed by atoms with van der Waals surface area (Å²) < 4.78 is 5.13. The summed E-state index contributed by atoms with van der Waals surface area (Å²) in [7, 11) is 0. The third-order valence-electron chi connectivity index (χ3n) is 2.39. The van der Waals surface area contributed by atoms with Gasteiger partial charge in [0.25, 0.3) is 5.69 Å². The summed E-state index contributed by atoms with van der Waals surface area (Å²) in [5.41, 5.74) is 3.91. The number of carboxylic acids is 1. The van der Waals surface area contributed by atoms with Gasteiger partial charge in [-0.25, -0.2) is 4.79 Å². The van der Waals surface area contributed by atoms with Crippen molar-refractivity contribution in [1.29, 1.82) is 0 Å². The van der Waals surface area contributed by atoms with Crippen LogP contribution in [0.25, 0.3) is 0 Å². The quantitative estimate of drug-likeness (QED) is 0.578. The van der Waals surface area contributed by atoms with Crippen molar-refractivity contribution in [1.82, 2.24) is 0 Å². The van der Waals surface area contributed by atoms with Crippen LogP contribution in [0, 0.1) is 16.0 Å². The van der Waals surface area contributed by atoms with E-state index in [1.165, 1.54) is 19.1 Å². The van der Waals surface area contributed by atoms with E-state index in [1.54, 1.807) is 0 Å². The summed E-state index contributed by atoms with van der Waals surface area (Å²) in [6.07, 6.45) is 0. The molecule has 1 aromatic rings. The molecule has 3 N–H and O–H groups in total. The minimum Gasteiger partial charge on any atom is -0.492 e. The number of aromatic carboxylic acids is 1. The summed E-state index contributed by atoms with van der Waals surface area (Å²) in [6.45, 7) is 1.34. The Hall–Kier alpha value is -2.64. The lowest BCUT2D eigenvalue weighted by atomic mass is 10.1. The van der Waals surface area contributed by atoms with Crippen LogP contribution in [0.4, 0.5) is 5.69 Å². The fourth-order valence-electron chi connectivity index (χ4n) is 1.30. The Kier molecular flexibility index (Phi) is 4.41. The fraction of sp³-hybridized carbons (Fsp3) is 0.273. The van der Waals surface area contributed by atoms with Crippen molar-refractivity contribution in [3.05, 3.63) is 33.9 Å². The predicted molar refractivity (Wildman–Crippen MR) is 63.9 cm³/mol. The molecular formula is C11H12N2O6. The summed E-state index contributed by atoms with van der Waals surface area (Å²) in [6, 6.07) is 3.65. The summed E-state index contributed by atoms with van der Waals surface area (Å²) in [5.74, 6) is -2.90. The molecule has 1 atom stereocenters. The molecule has 1 unspecified atom stereocenters. The number of primary amides is 1. The highest BCUT2D eigenvalue weighted by atomic mass is 16.6. The molecule has 19 heavy (non-hydrogen) atoms. The zero-order valence-electron chi connectivity index (χ0n) is 10.0. The molecule has 0 aliphatic rings. The van der Waals surface area contributed by atoms with E-state index in [1.807, 2.05) is 0 Å². The van der Waals surface area contributed by atoms with Crippen molar-refractivity contribution < 1.29 is 24.4 Å². The Labute approximate surface area is 107 Å². The van der Waals surface area contributed by atoms with Crippen molar-refractivity contribution in [2.75, 3.05) is 6.61 Å². The van der Waals surface area contributed by atoms with E-state index in [-0.39, 0.29) is 12.4 Å². The molecule has 0 fully saturated rings. The number of amides is 1. The van der Waals surface area contributed by atoms with Crippen molar-refractivity contribution in [2.24, 2.45) is 11.7 Å².